The predicted molar refractivity (Wildman–Crippen MR) is 64.0 cm³/mol. The lowest BCUT2D eigenvalue weighted by Gasteiger charge is -2.14. The summed E-state index contributed by atoms with van der Waals surface area (Å²) in [6.07, 6.45) is 1.72. The van der Waals surface area contributed by atoms with E-state index < -0.39 is 12.0 Å². The summed E-state index contributed by atoms with van der Waals surface area (Å²) < 4.78 is 5.44. The second-order valence-corrected chi connectivity index (χ2v) is 3.52. The largest absolute Gasteiger partial charge is 0.481 e. The van der Waals surface area contributed by atoms with E-state index in [-0.39, 0.29) is 0 Å². The Morgan fingerprint density at radius 2 is 2.31 bits per heavy atom. The zero-order valence-electron chi connectivity index (χ0n) is 9.27. The fourth-order valence-electron chi connectivity index (χ4n) is 1.28. The molecule has 86 valence electrons. The zero-order chi connectivity index (χ0) is 12.1. The SMILES string of the molecule is C=CCc1cc(N)ccc1OC(C)C(N)=O. The van der Waals surface area contributed by atoms with Gasteiger partial charge in [0, 0.05) is 5.69 Å². The van der Waals surface area contributed by atoms with Crippen LogP contribution in [0.2, 0.25) is 0 Å². The van der Waals surface area contributed by atoms with Crippen molar-refractivity contribution < 1.29 is 9.53 Å². The molecule has 0 saturated carbocycles. The van der Waals surface area contributed by atoms with Crippen LogP contribution in [0, 0.1) is 0 Å². The van der Waals surface area contributed by atoms with Crippen LogP contribution >= 0.6 is 0 Å². The molecule has 1 atom stereocenters. The molecular formula is C12H16N2O2. The van der Waals surface area contributed by atoms with E-state index in [1.807, 2.05) is 0 Å². The van der Waals surface area contributed by atoms with Crippen molar-refractivity contribution in [3.8, 4) is 5.75 Å². The van der Waals surface area contributed by atoms with Gasteiger partial charge < -0.3 is 16.2 Å². The molecule has 0 heterocycles. The second-order valence-electron chi connectivity index (χ2n) is 3.52. The van der Waals surface area contributed by atoms with Crippen LogP contribution in [0.4, 0.5) is 5.69 Å². The van der Waals surface area contributed by atoms with E-state index in [0.717, 1.165) is 5.56 Å². The van der Waals surface area contributed by atoms with Crippen LogP contribution in [-0.4, -0.2) is 12.0 Å². The summed E-state index contributed by atoms with van der Waals surface area (Å²) in [6, 6.07) is 5.24. The van der Waals surface area contributed by atoms with E-state index in [0.29, 0.717) is 17.9 Å². The normalized spacial score (nSPS) is 11.8. The minimum Gasteiger partial charge on any atom is -0.481 e. The molecule has 0 fully saturated rings. The van der Waals surface area contributed by atoms with E-state index in [1.54, 1.807) is 31.2 Å². The monoisotopic (exact) mass is 220 g/mol. The van der Waals surface area contributed by atoms with Gasteiger partial charge in [0.25, 0.3) is 5.91 Å². The Morgan fingerprint density at radius 1 is 1.62 bits per heavy atom. The quantitative estimate of drug-likeness (QED) is 0.579. The van der Waals surface area contributed by atoms with Gasteiger partial charge in [0.05, 0.1) is 0 Å². The van der Waals surface area contributed by atoms with Crippen LogP contribution in [0.15, 0.2) is 30.9 Å². The minimum atomic E-state index is -0.660. The van der Waals surface area contributed by atoms with E-state index in [1.165, 1.54) is 0 Å². The third kappa shape index (κ3) is 3.02. The Morgan fingerprint density at radius 3 is 2.88 bits per heavy atom. The second kappa shape index (κ2) is 5.21. The van der Waals surface area contributed by atoms with Gasteiger partial charge in [-0.05, 0) is 37.1 Å². The van der Waals surface area contributed by atoms with Crippen molar-refractivity contribution in [2.45, 2.75) is 19.4 Å². The summed E-state index contributed by atoms with van der Waals surface area (Å²) in [7, 11) is 0. The first-order valence-corrected chi connectivity index (χ1v) is 5.00. The van der Waals surface area contributed by atoms with Crippen molar-refractivity contribution in [2.75, 3.05) is 5.73 Å². The topological polar surface area (TPSA) is 78.3 Å². The number of carbonyl (C=O) groups is 1. The highest BCUT2D eigenvalue weighted by Crippen LogP contribution is 2.23. The van der Waals surface area contributed by atoms with Crippen molar-refractivity contribution in [2.24, 2.45) is 5.73 Å². The van der Waals surface area contributed by atoms with E-state index >= 15 is 0 Å². The lowest BCUT2D eigenvalue weighted by atomic mass is 10.1. The Kier molecular flexibility index (Phi) is 3.94. The van der Waals surface area contributed by atoms with Gasteiger partial charge >= 0.3 is 0 Å². The lowest BCUT2D eigenvalue weighted by Crippen LogP contribution is -2.30. The van der Waals surface area contributed by atoms with Crippen LogP contribution < -0.4 is 16.2 Å². The molecule has 0 bridgehead atoms. The average Bonchev–Trinajstić information content (AvgIpc) is 2.22. The maximum absolute atomic E-state index is 10.9. The summed E-state index contributed by atoms with van der Waals surface area (Å²) in [6.45, 7) is 5.26. The number of primary amides is 1. The Balaban J connectivity index is 2.93. The van der Waals surface area contributed by atoms with Gasteiger partial charge in [-0.3, -0.25) is 4.79 Å². The van der Waals surface area contributed by atoms with Gasteiger partial charge in [0.2, 0.25) is 0 Å². The Bertz CT molecular complexity index is 402. The lowest BCUT2D eigenvalue weighted by molar-refractivity contribution is -0.123. The number of ether oxygens (including phenoxy) is 1. The highest BCUT2D eigenvalue weighted by atomic mass is 16.5. The molecule has 0 aromatic heterocycles. The molecule has 0 aliphatic rings. The number of nitrogen functional groups attached to an aromatic ring is 1. The summed E-state index contributed by atoms with van der Waals surface area (Å²) in [5.41, 5.74) is 12.3. The fourth-order valence-corrected chi connectivity index (χ4v) is 1.28. The molecule has 0 aliphatic carbocycles. The molecule has 4 heteroatoms. The molecule has 0 radical (unpaired) electrons. The number of amides is 1. The van der Waals surface area contributed by atoms with Gasteiger partial charge in [0.15, 0.2) is 6.10 Å². The third-order valence-electron chi connectivity index (χ3n) is 2.15. The number of nitrogens with two attached hydrogens (primary N) is 2. The highest BCUT2D eigenvalue weighted by Gasteiger charge is 2.12. The van der Waals surface area contributed by atoms with Crippen molar-refractivity contribution in [3.63, 3.8) is 0 Å². The van der Waals surface area contributed by atoms with Gasteiger partial charge in [-0.2, -0.15) is 0 Å². The molecule has 0 aliphatic heterocycles. The first kappa shape index (κ1) is 12.1. The van der Waals surface area contributed by atoms with Gasteiger partial charge in [-0.25, -0.2) is 0 Å². The number of allylic oxidation sites excluding steroid dienone is 1. The average molecular weight is 220 g/mol. The Hall–Kier alpha value is -1.97. The van der Waals surface area contributed by atoms with Crippen LogP contribution in [0.1, 0.15) is 12.5 Å². The summed E-state index contributed by atoms with van der Waals surface area (Å²) in [4.78, 5) is 10.9. The van der Waals surface area contributed by atoms with Crippen molar-refractivity contribution in [1.82, 2.24) is 0 Å². The van der Waals surface area contributed by atoms with Gasteiger partial charge in [-0.1, -0.05) is 6.08 Å². The number of anilines is 1. The zero-order valence-corrected chi connectivity index (χ0v) is 9.27. The number of carbonyl (C=O) groups excluding carboxylic acids is 1. The molecular weight excluding hydrogens is 204 g/mol. The highest BCUT2D eigenvalue weighted by molar-refractivity contribution is 5.78. The van der Waals surface area contributed by atoms with Crippen LogP contribution in [0.25, 0.3) is 0 Å². The molecule has 1 amide bonds. The number of benzene rings is 1. The van der Waals surface area contributed by atoms with E-state index in [4.69, 9.17) is 16.2 Å². The van der Waals surface area contributed by atoms with Crippen molar-refractivity contribution in [3.05, 3.63) is 36.4 Å². The summed E-state index contributed by atoms with van der Waals surface area (Å²) >= 11 is 0. The van der Waals surface area contributed by atoms with Gasteiger partial charge in [0.1, 0.15) is 5.75 Å². The first-order valence-electron chi connectivity index (χ1n) is 5.00. The smallest absolute Gasteiger partial charge is 0.258 e. The molecule has 0 saturated heterocycles. The van der Waals surface area contributed by atoms with Crippen LogP contribution in [-0.2, 0) is 11.2 Å². The van der Waals surface area contributed by atoms with Crippen LogP contribution in [0.5, 0.6) is 5.75 Å². The molecule has 1 aromatic carbocycles. The maximum atomic E-state index is 10.9. The molecule has 4 nitrogen and oxygen atoms in total. The van der Waals surface area contributed by atoms with Crippen molar-refractivity contribution >= 4 is 11.6 Å². The summed E-state index contributed by atoms with van der Waals surface area (Å²) in [5, 5.41) is 0. The molecule has 16 heavy (non-hydrogen) atoms. The molecule has 4 N–H and O–H groups in total. The number of hydrogen-bond acceptors (Lipinski definition) is 3. The minimum absolute atomic E-state index is 0.499. The van der Waals surface area contributed by atoms with Crippen molar-refractivity contribution in [1.29, 1.82) is 0 Å². The molecule has 1 unspecified atom stereocenters. The van der Waals surface area contributed by atoms with Crippen LogP contribution in [0.3, 0.4) is 0 Å². The molecule has 1 rings (SSSR count). The predicted octanol–water partition coefficient (Wildman–Crippen LogP) is 1.25. The maximum Gasteiger partial charge on any atom is 0.258 e. The summed E-state index contributed by atoms with van der Waals surface area (Å²) in [5.74, 6) is 0.113. The molecule has 0 spiro atoms. The van der Waals surface area contributed by atoms with E-state index in [9.17, 15) is 4.79 Å². The number of rotatable bonds is 5. The fraction of sp³-hybridized carbons (Fsp3) is 0.250. The van der Waals surface area contributed by atoms with E-state index in [2.05, 4.69) is 6.58 Å². The number of hydrogen-bond donors (Lipinski definition) is 2. The Labute approximate surface area is 94.9 Å². The first-order chi connectivity index (χ1) is 7.54. The molecule has 1 aromatic rings. The third-order valence-corrected chi connectivity index (χ3v) is 2.15. The van der Waals surface area contributed by atoms with Gasteiger partial charge in [-0.15, -0.1) is 6.58 Å². The standard InChI is InChI=1S/C12H16N2O2/c1-3-4-9-7-10(13)5-6-11(9)16-8(2)12(14)15/h3,5-8H,1,4,13H2,2H3,(H2,14,15).